The summed E-state index contributed by atoms with van der Waals surface area (Å²) >= 11 is 5.99. The number of rotatable bonds is 11. The molecule has 1 fully saturated rings. The minimum absolute atomic E-state index is 0.0757. The molecule has 0 aromatic heterocycles. The van der Waals surface area contributed by atoms with Gasteiger partial charge in [0.1, 0.15) is 12.3 Å². The van der Waals surface area contributed by atoms with Crippen molar-refractivity contribution in [2.45, 2.75) is 50.0 Å². The number of methoxy groups -OCH3 is 1. The molecule has 0 radical (unpaired) electrons. The summed E-state index contributed by atoms with van der Waals surface area (Å²) < 4.78 is 33.1. The predicted molar refractivity (Wildman–Crippen MR) is 136 cm³/mol. The van der Waals surface area contributed by atoms with Crippen molar-refractivity contribution in [1.29, 1.82) is 0 Å². The Hall–Kier alpha value is -2.29. The monoisotopic (exact) mass is 507 g/mol. The van der Waals surface area contributed by atoms with Crippen LogP contribution in [0, 0.1) is 0 Å². The average Bonchev–Trinajstić information content (AvgIpc) is 2.86. The Morgan fingerprint density at radius 2 is 1.85 bits per heavy atom. The zero-order chi connectivity index (χ0) is 24.6. The second-order valence-corrected chi connectivity index (χ2v) is 10.8. The van der Waals surface area contributed by atoms with E-state index < -0.39 is 10.0 Å². The Kier molecular flexibility index (Phi) is 9.62. The van der Waals surface area contributed by atoms with Gasteiger partial charge in [0.15, 0.2) is 0 Å². The van der Waals surface area contributed by atoms with E-state index in [9.17, 15) is 13.2 Å². The van der Waals surface area contributed by atoms with Crippen LogP contribution in [0.25, 0.3) is 0 Å². The van der Waals surface area contributed by atoms with Gasteiger partial charge in [-0.25, -0.2) is 8.42 Å². The summed E-state index contributed by atoms with van der Waals surface area (Å²) in [4.78, 5) is 15.3. The first-order valence-corrected chi connectivity index (χ1v) is 13.6. The quantitative estimate of drug-likeness (QED) is 0.458. The lowest BCUT2D eigenvalue weighted by Gasteiger charge is -2.35. The van der Waals surface area contributed by atoms with Crippen molar-refractivity contribution in [3.05, 3.63) is 53.6 Å². The molecule has 2 aromatic carbocycles. The van der Waals surface area contributed by atoms with Gasteiger partial charge < -0.3 is 15.0 Å². The van der Waals surface area contributed by atoms with E-state index >= 15 is 0 Å². The third kappa shape index (κ3) is 6.87. The van der Waals surface area contributed by atoms with Gasteiger partial charge in [-0.05, 0) is 80.8 Å². The fraction of sp³-hybridized carbons (Fsp3) is 0.480. The number of benzene rings is 2. The van der Waals surface area contributed by atoms with Crippen molar-refractivity contribution in [2.24, 2.45) is 0 Å². The highest BCUT2D eigenvalue weighted by molar-refractivity contribution is 7.92. The predicted octanol–water partition coefficient (Wildman–Crippen LogP) is 4.31. The summed E-state index contributed by atoms with van der Waals surface area (Å²) in [5.74, 6) is 0.200. The zero-order valence-electron chi connectivity index (χ0n) is 19.9. The number of amides is 1. The van der Waals surface area contributed by atoms with E-state index in [2.05, 4.69) is 17.1 Å². The SMILES string of the molecule is CCC1CCCCN1CCCNC(=O)CN(c1ccc(Cl)cc1)S(=O)(=O)c1ccc(OC)cc1. The van der Waals surface area contributed by atoms with Crippen molar-refractivity contribution in [1.82, 2.24) is 10.2 Å². The van der Waals surface area contributed by atoms with Gasteiger partial charge in [-0.1, -0.05) is 24.9 Å². The lowest BCUT2D eigenvalue weighted by molar-refractivity contribution is -0.119. The van der Waals surface area contributed by atoms with Crippen LogP contribution in [0.3, 0.4) is 0 Å². The molecule has 2 aromatic rings. The summed E-state index contributed by atoms with van der Waals surface area (Å²) in [6, 6.07) is 13.1. The molecular weight excluding hydrogens is 474 g/mol. The van der Waals surface area contributed by atoms with Gasteiger partial charge in [0.25, 0.3) is 10.0 Å². The average molecular weight is 508 g/mol. The minimum Gasteiger partial charge on any atom is -0.497 e. The number of hydrogen-bond acceptors (Lipinski definition) is 5. The number of piperidine rings is 1. The summed E-state index contributed by atoms with van der Waals surface area (Å²) in [7, 11) is -2.46. The fourth-order valence-corrected chi connectivity index (χ4v) is 5.86. The van der Waals surface area contributed by atoms with Crippen LogP contribution >= 0.6 is 11.6 Å². The minimum atomic E-state index is -3.98. The number of nitrogens with zero attached hydrogens (tertiary/aromatic N) is 2. The molecule has 1 aliphatic heterocycles. The van der Waals surface area contributed by atoms with Gasteiger partial charge in [-0.3, -0.25) is 9.10 Å². The number of carbonyl (C=O) groups excluding carboxylic acids is 1. The second kappa shape index (κ2) is 12.4. The van der Waals surface area contributed by atoms with Gasteiger partial charge in [-0.2, -0.15) is 0 Å². The first-order chi connectivity index (χ1) is 16.3. The van der Waals surface area contributed by atoms with Crippen LogP contribution in [0.2, 0.25) is 5.02 Å². The van der Waals surface area contributed by atoms with Crippen LogP contribution in [0.4, 0.5) is 5.69 Å². The number of halogens is 1. The maximum atomic E-state index is 13.4. The van der Waals surface area contributed by atoms with E-state index in [-0.39, 0.29) is 17.3 Å². The van der Waals surface area contributed by atoms with E-state index in [1.165, 1.54) is 38.5 Å². The summed E-state index contributed by atoms with van der Waals surface area (Å²) in [6.45, 7) is 4.44. The highest BCUT2D eigenvalue weighted by atomic mass is 35.5. The maximum Gasteiger partial charge on any atom is 0.264 e. The lowest BCUT2D eigenvalue weighted by atomic mass is 10.00. The molecule has 9 heteroatoms. The van der Waals surface area contributed by atoms with Gasteiger partial charge in [-0.15, -0.1) is 0 Å². The number of sulfonamides is 1. The van der Waals surface area contributed by atoms with Crippen LogP contribution in [-0.2, 0) is 14.8 Å². The summed E-state index contributed by atoms with van der Waals surface area (Å²) in [5.41, 5.74) is 0.370. The van der Waals surface area contributed by atoms with E-state index in [0.717, 1.165) is 30.2 Å². The van der Waals surface area contributed by atoms with Crippen molar-refractivity contribution in [3.8, 4) is 5.75 Å². The zero-order valence-corrected chi connectivity index (χ0v) is 21.4. The number of hydrogen-bond donors (Lipinski definition) is 1. The van der Waals surface area contributed by atoms with E-state index in [4.69, 9.17) is 16.3 Å². The Balaban J connectivity index is 1.66. The maximum absolute atomic E-state index is 13.4. The van der Waals surface area contributed by atoms with Gasteiger partial charge in [0.2, 0.25) is 5.91 Å². The van der Waals surface area contributed by atoms with E-state index in [1.807, 2.05) is 0 Å². The molecule has 1 aliphatic rings. The number of anilines is 1. The van der Waals surface area contributed by atoms with Crippen molar-refractivity contribution < 1.29 is 17.9 Å². The molecule has 1 heterocycles. The first kappa shape index (κ1) is 26.3. The summed E-state index contributed by atoms with van der Waals surface area (Å²) in [5, 5.41) is 3.38. The molecule has 0 saturated carbocycles. The Bertz CT molecular complexity index is 1030. The Morgan fingerprint density at radius 3 is 2.50 bits per heavy atom. The third-order valence-corrected chi connectivity index (χ3v) is 8.25. The van der Waals surface area contributed by atoms with Crippen molar-refractivity contribution in [2.75, 3.05) is 37.6 Å². The van der Waals surface area contributed by atoms with E-state index in [0.29, 0.717) is 29.0 Å². The molecule has 1 unspecified atom stereocenters. The largest absolute Gasteiger partial charge is 0.497 e. The molecule has 34 heavy (non-hydrogen) atoms. The normalized spacial score (nSPS) is 16.7. The molecule has 186 valence electrons. The lowest BCUT2D eigenvalue weighted by Crippen LogP contribution is -2.43. The molecule has 1 atom stereocenters. The Labute approximate surface area is 208 Å². The summed E-state index contributed by atoms with van der Waals surface area (Å²) in [6.07, 6.45) is 5.72. The van der Waals surface area contributed by atoms with Crippen molar-refractivity contribution in [3.63, 3.8) is 0 Å². The first-order valence-electron chi connectivity index (χ1n) is 11.8. The van der Waals surface area contributed by atoms with Crippen LogP contribution < -0.4 is 14.4 Å². The molecule has 0 aliphatic carbocycles. The molecule has 1 N–H and O–H groups in total. The molecule has 0 bridgehead atoms. The van der Waals surface area contributed by atoms with Gasteiger partial charge in [0.05, 0.1) is 17.7 Å². The standard InChI is InChI=1S/C25H34ClN3O4S/c1-3-21-7-4-5-17-28(21)18-6-16-27-25(30)19-29(22-10-8-20(26)9-11-22)34(31,32)24-14-12-23(33-2)13-15-24/h8-15,21H,3-7,16-19H2,1-2H3,(H,27,30). The van der Waals surface area contributed by atoms with Gasteiger partial charge in [0, 0.05) is 24.2 Å². The molecule has 1 amide bonds. The van der Waals surface area contributed by atoms with Gasteiger partial charge >= 0.3 is 0 Å². The highest BCUT2D eigenvalue weighted by Gasteiger charge is 2.27. The number of likely N-dealkylation sites (tertiary alicyclic amines) is 1. The molecular formula is C25H34ClN3O4S. The van der Waals surface area contributed by atoms with Crippen LogP contribution in [0.5, 0.6) is 5.75 Å². The number of nitrogens with one attached hydrogen (secondary N) is 1. The second-order valence-electron chi connectivity index (χ2n) is 8.46. The molecule has 3 rings (SSSR count). The number of ether oxygens (including phenoxy) is 1. The van der Waals surface area contributed by atoms with Crippen LogP contribution in [0.1, 0.15) is 39.0 Å². The van der Waals surface area contributed by atoms with Crippen LogP contribution in [0.15, 0.2) is 53.4 Å². The van der Waals surface area contributed by atoms with E-state index in [1.54, 1.807) is 36.4 Å². The number of carbonyl (C=O) groups is 1. The van der Waals surface area contributed by atoms with Crippen LogP contribution in [-0.4, -0.2) is 58.6 Å². The fourth-order valence-electron chi connectivity index (χ4n) is 4.31. The highest BCUT2D eigenvalue weighted by Crippen LogP contribution is 2.26. The smallest absolute Gasteiger partial charge is 0.264 e. The Morgan fingerprint density at radius 1 is 1.15 bits per heavy atom. The molecule has 7 nitrogen and oxygen atoms in total. The topological polar surface area (TPSA) is 79.0 Å². The molecule has 1 saturated heterocycles. The third-order valence-electron chi connectivity index (χ3n) is 6.21. The van der Waals surface area contributed by atoms with Crippen molar-refractivity contribution >= 4 is 33.2 Å². The molecule has 0 spiro atoms.